The zero-order valence-corrected chi connectivity index (χ0v) is 16.0. The number of nitrogens with zero attached hydrogens (tertiary/aromatic N) is 1. The molecule has 1 amide bonds. The average Bonchev–Trinajstić information content (AvgIpc) is 2.90. The standard InChI is InChI=1S/C22H28N2O2/c1-15-11-12-20-19(14-15)21(22(26)23-13-7-8-16(2)25)17(3)24(20)18-9-5-4-6-10-18/h7-8,11-12,14,18H,4-6,9-10,13H2,1-3H3,(H,23,26)/b8-7+. The van der Waals surface area contributed by atoms with Crippen LogP contribution in [0.5, 0.6) is 0 Å². The number of aryl methyl sites for hydroxylation is 1. The highest BCUT2D eigenvalue weighted by atomic mass is 16.1. The summed E-state index contributed by atoms with van der Waals surface area (Å²) in [4.78, 5) is 23.9. The highest BCUT2D eigenvalue weighted by molar-refractivity contribution is 6.08. The highest BCUT2D eigenvalue weighted by Crippen LogP contribution is 2.36. The van der Waals surface area contributed by atoms with E-state index < -0.39 is 0 Å². The van der Waals surface area contributed by atoms with Crippen LogP contribution in [0.25, 0.3) is 10.9 Å². The minimum atomic E-state index is -0.0686. The fourth-order valence-corrected chi connectivity index (χ4v) is 4.12. The number of hydrogen-bond acceptors (Lipinski definition) is 2. The number of nitrogens with one attached hydrogen (secondary N) is 1. The number of hydrogen-bond donors (Lipinski definition) is 1. The second kappa shape index (κ2) is 7.90. The molecular weight excluding hydrogens is 324 g/mol. The number of carbonyl (C=O) groups excluding carboxylic acids is 2. The maximum absolute atomic E-state index is 12.9. The topological polar surface area (TPSA) is 51.1 Å². The molecule has 0 bridgehead atoms. The maximum atomic E-state index is 12.9. The number of fused-ring (bicyclic) bond motifs is 1. The number of allylic oxidation sites excluding steroid dienone is 1. The molecule has 0 aliphatic heterocycles. The van der Waals surface area contributed by atoms with E-state index in [-0.39, 0.29) is 11.7 Å². The van der Waals surface area contributed by atoms with Gasteiger partial charge in [0.2, 0.25) is 0 Å². The molecule has 0 atom stereocenters. The second-order valence-electron chi connectivity index (χ2n) is 7.37. The van der Waals surface area contributed by atoms with Gasteiger partial charge >= 0.3 is 0 Å². The van der Waals surface area contributed by atoms with Crippen LogP contribution in [0.15, 0.2) is 30.4 Å². The summed E-state index contributed by atoms with van der Waals surface area (Å²) in [5.74, 6) is -0.0826. The van der Waals surface area contributed by atoms with Crippen molar-refractivity contribution in [3.8, 4) is 0 Å². The van der Waals surface area contributed by atoms with Crippen LogP contribution in [-0.4, -0.2) is 22.8 Å². The molecular formula is C22H28N2O2. The van der Waals surface area contributed by atoms with Gasteiger partial charge in [-0.05, 0) is 51.8 Å². The number of ketones is 1. The van der Waals surface area contributed by atoms with E-state index in [0.29, 0.717) is 12.6 Å². The van der Waals surface area contributed by atoms with E-state index in [0.717, 1.165) is 27.7 Å². The molecule has 1 fully saturated rings. The van der Waals surface area contributed by atoms with Crippen LogP contribution >= 0.6 is 0 Å². The van der Waals surface area contributed by atoms with E-state index in [1.54, 1.807) is 6.08 Å². The van der Waals surface area contributed by atoms with Gasteiger partial charge in [0.15, 0.2) is 5.78 Å². The van der Waals surface area contributed by atoms with Crippen molar-refractivity contribution in [3.05, 3.63) is 47.2 Å². The third-order valence-electron chi connectivity index (χ3n) is 5.30. The van der Waals surface area contributed by atoms with Crippen molar-refractivity contribution in [3.63, 3.8) is 0 Å². The summed E-state index contributed by atoms with van der Waals surface area (Å²) in [6.07, 6.45) is 9.37. The minimum absolute atomic E-state index is 0.0139. The first-order chi connectivity index (χ1) is 12.5. The number of benzene rings is 1. The Morgan fingerprint density at radius 3 is 2.62 bits per heavy atom. The summed E-state index contributed by atoms with van der Waals surface area (Å²) in [5.41, 5.74) is 4.13. The Labute approximate surface area is 155 Å². The first-order valence-corrected chi connectivity index (χ1v) is 9.55. The molecule has 1 N–H and O–H groups in total. The first-order valence-electron chi connectivity index (χ1n) is 9.55. The Hall–Kier alpha value is -2.36. The van der Waals surface area contributed by atoms with E-state index in [2.05, 4.69) is 41.9 Å². The Kier molecular flexibility index (Phi) is 5.60. The van der Waals surface area contributed by atoms with Gasteiger partial charge in [-0.15, -0.1) is 0 Å². The van der Waals surface area contributed by atoms with Crippen LogP contribution in [0.4, 0.5) is 0 Å². The van der Waals surface area contributed by atoms with Crippen LogP contribution in [-0.2, 0) is 4.79 Å². The van der Waals surface area contributed by atoms with Crippen molar-refractivity contribution in [1.29, 1.82) is 0 Å². The molecule has 1 heterocycles. The molecule has 0 radical (unpaired) electrons. The van der Waals surface area contributed by atoms with E-state index in [9.17, 15) is 9.59 Å². The van der Waals surface area contributed by atoms with Crippen LogP contribution in [0.3, 0.4) is 0 Å². The molecule has 4 heteroatoms. The number of aromatic nitrogens is 1. The van der Waals surface area contributed by atoms with Gasteiger partial charge < -0.3 is 9.88 Å². The molecule has 2 aromatic rings. The number of carbonyl (C=O) groups is 2. The summed E-state index contributed by atoms with van der Waals surface area (Å²) in [5, 5.41) is 3.96. The zero-order chi connectivity index (χ0) is 18.7. The van der Waals surface area contributed by atoms with Crippen molar-refractivity contribution in [2.24, 2.45) is 0 Å². The SMILES string of the molecule is CC(=O)/C=C/CNC(=O)c1c(C)n(C2CCCCC2)c2ccc(C)cc12. The number of amides is 1. The molecule has 1 aliphatic rings. The fraction of sp³-hybridized carbons (Fsp3) is 0.455. The lowest BCUT2D eigenvalue weighted by molar-refractivity contribution is -0.112. The summed E-state index contributed by atoms with van der Waals surface area (Å²) in [6.45, 7) is 5.98. The Bertz CT molecular complexity index is 855. The van der Waals surface area contributed by atoms with Crippen LogP contribution in [0.2, 0.25) is 0 Å². The van der Waals surface area contributed by atoms with E-state index >= 15 is 0 Å². The lowest BCUT2D eigenvalue weighted by Crippen LogP contribution is -2.24. The lowest BCUT2D eigenvalue weighted by atomic mass is 9.95. The first kappa shape index (κ1) is 18.4. The summed E-state index contributed by atoms with van der Waals surface area (Å²) in [7, 11) is 0. The summed E-state index contributed by atoms with van der Waals surface area (Å²) >= 11 is 0. The van der Waals surface area contributed by atoms with Gasteiger partial charge in [0.25, 0.3) is 5.91 Å². The van der Waals surface area contributed by atoms with E-state index in [4.69, 9.17) is 0 Å². The maximum Gasteiger partial charge on any atom is 0.253 e. The molecule has 0 spiro atoms. The summed E-state index contributed by atoms with van der Waals surface area (Å²) < 4.78 is 2.38. The molecule has 0 unspecified atom stereocenters. The second-order valence-corrected chi connectivity index (χ2v) is 7.37. The van der Waals surface area contributed by atoms with Crippen LogP contribution in [0.1, 0.15) is 66.7 Å². The third-order valence-corrected chi connectivity index (χ3v) is 5.30. The molecule has 1 aromatic carbocycles. The Morgan fingerprint density at radius 1 is 1.19 bits per heavy atom. The molecule has 1 aliphatic carbocycles. The van der Waals surface area contributed by atoms with Gasteiger partial charge in [-0.25, -0.2) is 0 Å². The minimum Gasteiger partial charge on any atom is -0.348 e. The van der Waals surface area contributed by atoms with E-state index in [1.165, 1.54) is 45.1 Å². The van der Waals surface area contributed by atoms with Crippen molar-refractivity contribution >= 4 is 22.6 Å². The van der Waals surface area contributed by atoms with Gasteiger partial charge in [0, 0.05) is 29.2 Å². The van der Waals surface area contributed by atoms with Crippen LogP contribution in [0, 0.1) is 13.8 Å². The van der Waals surface area contributed by atoms with Crippen molar-refractivity contribution in [2.75, 3.05) is 6.54 Å². The van der Waals surface area contributed by atoms with Gasteiger partial charge in [-0.2, -0.15) is 0 Å². The molecule has 4 nitrogen and oxygen atoms in total. The predicted molar refractivity (Wildman–Crippen MR) is 106 cm³/mol. The highest BCUT2D eigenvalue weighted by Gasteiger charge is 2.25. The monoisotopic (exact) mass is 352 g/mol. The molecule has 3 rings (SSSR count). The molecule has 1 aromatic heterocycles. The smallest absolute Gasteiger partial charge is 0.253 e. The van der Waals surface area contributed by atoms with Gasteiger partial charge in [-0.1, -0.05) is 37.0 Å². The largest absolute Gasteiger partial charge is 0.348 e. The molecule has 1 saturated carbocycles. The molecule has 26 heavy (non-hydrogen) atoms. The Balaban J connectivity index is 1.98. The third kappa shape index (κ3) is 3.74. The average molecular weight is 352 g/mol. The van der Waals surface area contributed by atoms with Gasteiger partial charge in [-0.3, -0.25) is 9.59 Å². The van der Waals surface area contributed by atoms with Crippen LogP contribution < -0.4 is 5.32 Å². The zero-order valence-electron chi connectivity index (χ0n) is 16.0. The van der Waals surface area contributed by atoms with E-state index in [1.807, 2.05) is 0 Å². The quantitative estimate of drug-likeness (QED) is 0.797. The lowest BCUT2D eigenvalue weighted by Gasteiger charge is -2.26. The van der Waals surface area contributed by atoms with Crippen molar-refractivity contribution in [1.82, 2.24) is 9.88 Å². The molecule has 0 saturated heterocycles. The van der Waals surface area contributed by atoms with Crippen molar-refractivity contribution in [2.45, 2.75) is 58.9 Å². The summed E-state index contributed by atoms with van der Waals surface area (Å²) in [6, 6.07) is 6.87. The molecule has 138 valence electrons. The Morgan fingerprint density at radius 2 is 1.92 bits per heavy atom. The normalized spacial score (nSPS) is 15.7. The van der Waals surface area contributed by atoms with Crippen molar-refractivity contribution < 1.29 is 9.59 Å². The predicted octanol–water partition coefficient (Wildman–Crippen LogP) is 4.64. The van der Waals surface area contributed by atoms with Gasteiger partial charge in [0.1, 0.15) is 0 Å². The fourth-order valence-electron chi connectivity index (χ4n) is 4.12. The van der Waals surface area contributed by atoms with Gasteiger partial charge in [0.05, 0.1) is 5.56 Å². The number of rotatable bonds is 5.